The largest absolute Gasteiger partial charge is 0.302 e. The van der Waals surface area contributed by atoms with E-state index in [2.05, 4.69) is 11.8 Å². The van der Waals surface area contributed by atoms with E-state index in [1.807, 2.05) is 0 Å². The summed E-state index contributed by atoms with van der Waals surface area (Å²) >= 11 is 5.68. The maximum Gasteiger partial charge on any atom is 0.0363 e. The van der Waals surface area contributed by atoms with Crippen molar-refractivity contribution < 1.29 is 4.21 Å². The summed E-state index contributed by atoms with van der Waals surface area (Å²) in [7, 11) is -0.541. The van der Waals surface area contributed by atoms with E-state index in [9.17, 15) is 4.21 Å². The SMILES string of the molecule is CC(CCCl)CCN1CCS(=O)CC1. The highest BCUT2D eigenvalue weighted by Crippen LogP contribution is 2.10. The topological polar surface area (TPSA) is 20.3 Å². The second-order valence-electron chi connectivity index (χ2n) is 4.06. The summed E-state index contributed by atoms with van der Waals surface area (Å²) in [5.41, 5.74) is 0. The van der Waals surface area contributed by atoms with Crippen molar-refractivity contribution in [2.75, 3.05) is 37.0 Å². The molecule has 1 fully saturated rings. The van der Waals surface area contributed by atoms with Gasteiger partial charge >= 0.3 is 0 Å². The van der Waals surface area contributed by atoms with Crippen molar-refractivity contribution in [3.63, 3.8) is 0 Å². The van der Waals surface area contributed by atoms with Gasteiger partial charge in [-0.2, -0.15) is 0 Å². The molecule has 2 nitrogen and oxygen atoms in total. The summed E-state index contributed by atoms with van der Waals surface area (Å²) in [6.45, 7) is 5.43. The average Bonchev–Trinajstić information content (AvgIpc) is 2.17. The Morgan fingerprint density at radius 2 is 2.00 bits per heavy atom. The Hall–Kier alpha value is 0.400. The van der Waals surface area contributed by atoms with E-state index >= 15 is 0 Å². The standard InChI is InChI=1S/C10H20ClNOS/c1-10(2-4-11)3-5-12-6-8-14(13)9-7-12/h10H,2-9H2,1H3. The van der Waals surface area contributed by atoms with Gasteiger partial charge in [0.15, 0.2) is 0 Å². The zero-order chi connectivity index (χ0) is 10.4. The van der Waals surface area contributed by atoms with E-state index in [0.29, 0.717) is 0 Å². The Morgan fingerprint density at radius 3 is 2.57 bits per heavy atom. The van der Waals surface area contributed by atoms with Gasteiger partial charge in [-0.25, -0.2) is 0 Å². The highest BCUT2D eigenvalue weighted by molar-refractivity contribution is 7.85. The normalized spacial score (nSPS) is 22.4. The molecule has 4 heteroatoms. The van der Waals surface area contributed by atoms with Crippen LogP contribution in [0.3, 0.4) is 0 Å². The molecule has 1 aliphatic heterocycles. The number of halogens is 1. The summed E-state index contributed by atoms with van der Waals surface area (Å²) in [4.78, 5) is 2.42. The van der Waals surface area contributed by atoms with Crippen LogP contribution in [0.5, 0.6) is 0 Å². The first-order chi connectivity index (χ1) is 6.72. The van der Waals surface area contributed by atoms with Crippen molar-refractivity contribution in [1.82, 2.24) is 4.90 Å². The number of alkyl halides is 1. The summed E-state index contributed by atoms with van der Waals surface area (Å²) in [6, 6.07) is 0. The molecule has 84 valence electrons. The summed E-state index contributed by atoms with van der Waals surface area (Å²) in [6.07, 6.45) is 2.33. The number of hydrogen-bond acceptors (Lipinski definition) is 2. The van der Waals surface area contributed by atoms with E-state index in [0.717, 1.165) is 49.4 Å². The lowest BCUT2D eigenvalue weighted by molar-refractivity contribution is 0.275. The Kier molecular flexibility index (Phi) is 6.06. The molecule has 14 heavy (non-hydrogen) atoms. The highest BCUT2D eigenvalue weighted by Gasteiger charge is 2.15. The fraction of sp³-hybridized carbons (Fsp3) is 1.00. The first-order valence-corrected chi connectivity index (χ1v) is 7.38. The summed E-state index contributed by atoms with van der Waals surface area (Å²) in [5.74, 6) is 3.22. The molecule has 0 saturated carbocycles. The van der Waals surface area contributed by atoms with Crippen LogP contribution in [0.2, 0.25) is 0 Å². The highest BCUT2D eigenvalue weighted by atomic mass is 35.5. The minimum atomic E-state index is -0.541. The fourth-order valence-electron chi connectivity index (χ4n) is 1.63. The van der Waals surface area contributed by atoms with Gasteiger partial charge in [0.2, 0.25) is 0 Å². The lowest BCUT2D eigenvalue weighted by Crippen LogP contribution is -2.38. The third kappa shape index (κ3) is 4.76. The van der Waals surface area contributed by atoms with Crippen molar-refractivity contribution in [1.29, 1.82) is 0 Å². The van der Waals surface area contributed by atoms with Gasteiger partial charge in [-0.05, 0) is 25.3 Å². The van der Waals surface area contributed by atoms with Crippen molar-refractivity contribution in [3.05, 3.63) is 0 Å². The second kappa shape index (κ2) is 6.81. The predicted octanol–water partition coefficient (Wildman–Crippen LogP) is 1.71. The van der Waals surface area contributed by atoms with Gasteiger partial charge in [-0.15, -0.1) is 11.6 Å². The first-order valence-electron chi connectivity index (χ1n) is 5.35. The van der Waals surface area contributed by atoms with E-state index in [-0.39, 0.29) is 0 Å². The minimum Gasteiger partial charge on any atom is -0.302 e. The lowest BCUT2D eigenvalue weighted by Gasteiger charge is -2.27. The molecule has 0 N–H and O–H groups in total. The van der Waals surface area contributed by atoms with Crippen molar-refractivity contribution >= 4 is 22.4 Å². The van der Waals surface area contributed by atoms with Crippen LogP contribution in [0.25, 0.3) is 0 Å². The zero-order valence-corrected chi connectivity index (χ0v) is 10.4. The number of rotatable bonds is 5. The van der Waals surface area contributed by atoms with Gasteiger partial charge in [-0.1, -0.05) is 6.92 Å². The molecule has 0 radical (unpaired) electrons. The zero-order valence-electron chi connectivity index (χ0n) is 8.88. The van der Waals surface area contributed by atoms with Gasteiger partial charge in [0.1, 0.15) is 0 Å². The fourth-order valence-corrected chi connectivity index (χ4v) is 3.13. The Balaban J connectivity index is 2.09. The van der Waals surface area contributed by atoms with Crippen LogP contribution in [0, 0.1) is 5.92 Å². The van der Waals surface area contributed by atoms with Crippen molar-refractivity contribution in [2.45, 2.75) is 19.8 Å². The van der Waals surface area contributed by atoms with Gasteiger partial charge in [0.05, 0.1) is 0 Å². The van der Waals surface area contributed by atoms with Gasteiger partial charge in [0, 0.05) is 41.3 Å². The molecule has 1 unspecified atom stereocenters. The van der Waals surface area contributed by atoms with Gasteiger partial charge in [-0.3, -0.25) is 4.21 Å². The maximum absolute atomic E-state index is 11.1. The van der Waals surface area contributed by atoms with E-state index in [1.165, 1.54) is 6.42 Å². The van der Waals surface area contributed by atoms with Crippen LogP contribution in [0.15, 0.2) is 0 Å². The molecule has 1 heterocycles. The molecule has 0 amide bonds. The molecular formula is C10H20ClNOS. The summed E-state index contributed by atoms with van der Waals surface area (Å²) < 4.78 is 11.1. The molecule has 0 aromatic rings. The predicted molar refractivity (Wildman–Crippen MR) is 63.4 cm³/mol. The molecular weight excluding hydrogens is 218 g/mol. The Bertz CT molecular complexity index is 179. The maximum atomic E-state index is 11.1. The van der Waals surface area contributed by atoms with Gasteiger partial charge in [0.25, 0.3) is 0 Å². The van der Waals surface area contributed by atoms with E-state index < -0.39 is 10.8 Å². The van der Waals surface area contributed by atoms with E-state index in [1.54, 1.807) is 0 Å². The van der Waals surface area contributed by atoms with Crippen LogP contribution < -0.4 is 0 Å². The first kappa shape index (κ1) is 12.5. The van der Waals surface area contributed by atoms with Gasteiger partial charge < -0.3 is 4.90 Å². The second-order valence-corrected chi connectivity index (χ2v) is 6.14. The minimum absolute atomic E-state index is 0.541. The molecule has 0 aliphatic carbocycles. The smallest absolute Gasteiger partial charge is 0.0363 e. The molecule has 1 atom stereocenters. The third-order valence-corrected chi connectivity index (χ3v) is 4.30. The quantitative estimate of drug-likeness (QED) is 0.679. The van der Waals surface area contributed by atoms with Crippen LogP contribution in [-0.2, 0) is 10.8 Å². The van der Waals surface area contributed by atoms with Crippen molar-refractivity contribution in [3.8, 4) is 0 Å². The molecule has 0 aromatic heterocycles. The average molecular weight is 238 g/mol. The molecule has 1 saturated heterocycles. The molecule has 1 aliphatic rings. The molecule has 0 bridgehead atoms. The van der Waals surface area contributed by atoms with Crippen LogP contribution in [0.1, 0.15) is 19.8 Å². The lowest BCUT2D eigenvalue weighted by atomic mass is 10.1. The molecule has 0 aromatic carbocycles. The number of hydrogen-bond donors (Lipinski definition) is 0. The number of nitrogens with zero attached hydrogens (tertiary/aromatic N) is 1. The third-order valence-electron chi connectivity index (χ3n) is 2.81. The van der Waals surface area contributed by atoms with Crippen LogP contribution in [-0.4, -0.2) is 46.1 Å². The van der Waals surface area contributed by atoms with Crippen LogP contribution >= 0.6 is 11.6 Å². The Labute approximate surface area is 94.5 Å². The van der Waals surface area contributed by atoms with Crippen LogP contribution in [0.4, 0.5) is 0 Å². The van der Waals surface area contributed by atoms with E-state index in [4.69, 9.17) is 11.6 Å². The molecule has 0 spiro atoms. The molecule has 1 rings (SSSR count). The monoisotopic (exact) mass is 237 g/mol. The van der Waals surface area contributed by atoms with Crippen molar-refractivity contribution in [2.24, 2.45) is 5.92 Å². The summed E-state index contributed by atoms with van der Waals surface area (Å²) in [5, 5.41) is 0. The Morgan fingerprint density at radius 1 is 1.36 bits per heavy atom.